The second-order valence-corrected chi connectivity index (χ2v) is 10.0. The predicted molar refractivity (Wildman–Crippen MR) is 156 cm³/mol. The molecule has 214 valence electrons. The maximum atomic E-state index is 10.3. The molecule has 0 fully saturated rings. The predicted octanol–water partition coefficient (Wildman–Crippen LogP) is 10.7. The summed E-state index contributed by atoms with van der Waals surface area (Å²) in [5.41, 5.74) is 0. The third kappa shape index (κ3) is 45.4. The monoisotopic (exact) mass is 572 g/mol. The number of carbonyl (C=O) groups is 2. The first-order valence-electron chi connectivity index (χ1n) is 15.3. The van der Waals surface area contributed by atoms with E-state index in [0.29, 0.717) is 12.8 Å². The summed E-state index contributed by atoms with van der Waals surface area (Å²) in [6, 6.07) is 0. The van der Waals surface area contributed by atoms with Crippen LogP contribution in [-0.2, 0) is 29.1 Å². The quantitative estimate of drug-likeness (QED) is 0.0613. The van der Waals surface area contributed by atoms with E-state index in [1.54, 1.807) is 0 Å². The molecule has 5 heteroatoms. The van der Waals surface area contributed by atoms with Crippen LogP contribution < -0.4 is 0 Å². The summed E-state index contributed by atoms with van der Waals surface area (Å²) in [5, 5.41) is 16.9. The molecule has 4 nitrogen and oxygen atoms in total. The fourth-order valence-corrected chi connectivity index (χ4v) is 3.99. The van der Waals surface area contributed by atoms with Gasteiger partial charge in [0.15, 0.2) is 0 Å². The molecule has 0 unspecified atom stereocenters. The molecule has 2 N–H and O–H groups in total. The number of carboxylic acids is 2. The second-order valence-electron chi connectivity index (χ2n) is 10.0. The molecule has 0 spiro atoms. The Morgan fingerprint density at radius 3 is 0.946 bits per heavy atom. The number of aliphatic carboxylic acids is 2. The van der Waals surface area contributed by atoms with E-state index in [-0.39, 0.29) is 19.5 Å². The fraction of sp³-hybridized carbons (Fsp3) is 0.812. The molecule has 0 amide bonds. The Balaban J connectivity index is -0.000000608. The van der Waals surface area contributed by atoms with Crippen molar-refractivity contribution in [2.75, 3.05) is 0 Å². The minimum absolute atomic E-state index is 0. The van der Waals surface area contributed by atoms with Crippen LogP contribution in [0.1, 0.15) is 168 Å². The summed E-state index contributed by atoms with van der Waals surface area (Å²) >= 11 is 0. The first kappa shape index (κ1) is 40.5. The molecule has 0 aliphatic heterocycles. The molecule has 37 heavy (non-hydrogen) atoms. The molecule has 0 saturated carbocycles. The molecule has 0 radical (unpaired) electrons. The van der Waals surface area contributed by atoms with Crippen molar-refractivity contribution < 1.29 is 39.3 Å². The van der Waals surface area contributed by atoms with Crippen molar-refractivity contribution in [3.63, 3.8) is 0 Å². The van der Waals surface area contributed by atoms with Crippen molar-refractivity contribution in [2.45, 2.75) is 168 Å². The summed E-state index contributed by atoms with van der Waals surface area (Å²) in [5.74, 6) is -1.36. The summed E-state index contributed by atoms with van der Waals surface area (Å²) < 4.78 is 0. The largest absolute Gasteiger partial charge is 0.481 e. The van der Waals surface area contributed by atoms with E-state index in [2.05, 4.69) is 38.2 Å². The van der Waals surface area contributed by atoms with Gasteiger partial charge in [-0.1, -0.05) is 115 Å². The normalized spacial score (nSPS) is 10.9. The second kappa shape index (κ2) is 37.2. The molecule has 0 aromatic rings. The average Bonchev–Trinajstić information content (AvgIpc) is 2.85. The molecule has 0 bridgehead atoms. The van der Waals surface area contributed by atoms with E-state index in [1.165, 1.54) is 103 Å². The van der Waals surface area contributed by atoms with Crippen molar-refractivity contribution in [3.05, 3.63) is 24.3 Å². The van der Waals surface area contributed by atoms with Crippen LogP contribution in [0.4, 0.5) is 0 Å². The van der Waals surface area contributed by atoms with Gasteiger partial charge in [-0.25, -0.2) is 0 Å². The Bertz CT molecular complexity index is 471. The molecule has 0 rings (SSSR count). The van der Waals surface area contributed by atoms with E-state index in [4.69, 9.17) is 10.2 Å². The number of allylic oxidation sites excluding steroid dienone is 4. The van der Waals surface area contributed by atoms with Gasteiger partial charge in [0.1, 0.15) is 0 Å². The van der Waals surface area contributed by atoms with Gasteiger partial charge in [0.2, 0.25) is 0 Å². The van der Waals surface area contributed by atoms with Gasteiger partial charge < -0.3 is 10.2 Å². The van der Waals surface area contributed by atoms with Crippen LogP contribution in [0.3, 0.4) is 0 Å². The topological polar surface area (TPSA) is 74.6 Å². The van der Waals surface area contributed by atoms with Crippen LogP contribution >= 0.6 is 0 Å². The fourth-order valence-electron chi connectivity index (χ4n) is 3.99. The van der Waals surface area contributed by atoms with Crippen LogP contribution in [0.5, 0.6) is 0 Å². The van der Waals surface area contributed by atoms with Gasteiger partial charge in [0, 0.05) is 32.3 Å². The number of unbranched alkanes of at least 4 members (excludes halogenated alkanes) is 18. The maximum absolute atomic E-state index is 10.3. The number of hydrogen-bond acceptors (Lipinski definition) is 2. The van der Waals surface area contributed by atoms with E-state index in [0.717, 1.165) is 38.5 Å². The van der Waals surface area contributed by atoms with Crippen LogP contribution in [-0.4, -0.2) is 22.2 Å². The number of carboxylic acid groups (broad SMARTS) is 2. The molecule has 0 saturated heterocycles. The molecule has 0 aromatic heterocycles. The Morgan fingerprint density at radius 2 is 0.676 bits per heavy atom. The Kier molecular flexibility index (Phi) is 40.8. The maximum Gasteiger partial charge on any atom is 0.303 e. The summed E-state index contributed by atoms with van der Waals surface area (Å²) in [4.78, 5) is 20.6. The molecule has 0 aliphatic carbocycles. The van der Waals surface area contributed by atoms with E-state index < -0.39 is 11.9 Å². The van der Waals surface area contributed by atoms with Gasteiger partial charge >= 0.3 is 11.9 Å². The van der Waals surface area contributed by atoms with Gasteiger partial charge in [-0.05, 0) is 64.2 Å². The Labute approximate surface area is 242 Å². The molecular formula is C32H60O4Zn. The molecule has 0 aliphatic rings. The molecule has 0 atom stereocenters. The SMILES string of the molecule is CCCCCCCCCC=CCCCCC(=O)O.CCCCCCCCCC=CCCCCC(=O)O.[Zn]. The van der Waals surface area contributed by atoms with E-state index in [9.17, 15) is 9.59 Å². The van der Waals surface area contributed by atoms with Crippen LogP contribution in [0.15, 0.2) is 24.3 Å². The van der Waals surface area contributed by atoms with Crippen LogP contribution in [0, 0.1) is 0 Å². The van der Waals surface area contributed by atoms with Crippen molar-refractivity contribution in [1.82, 2.24) is 0 Å². The van der Waals surface area contributed by atoms with E-state index >= 15 is 0 Å². The first-order chi connectivity index (χ1) is 17.5. The van der Waals surface area contributed by atoms with E-state index in [1.807, 2.05) is 0 Å². The van der Waals surface area contributed by atoms with Crippen molar-refractivity contribution in [2.24, 2.45) is 0 Å². The Hall–Kier alpha value is -0.957. The zero-order chi connectivity index (χ0) is 27.0. The van der Waals surface area contributed by atoms with Crippen molar-refractivity contribution in [3.8, 4) is 0 Å². The van der Waals surface area contributed by atoms with Gasteiger partial charge in [0.05, 0.1) is 0 Å². The standard InChI is InChI=1S/2C16H30O2.Zn/c2*1-2-3-4-5-6-7-8-9-10-11-12-13-14-15-16(17)18;/h2*10-11H,2-9,12-15H2,1H3,(H,17,18);. The number of rotatable bonds is 26. The first-order valence-corrected chi connectivity index (χ1v) is 15.3. The third-order valence-corrected chi connectivity index (χ3v) is 6.30. The van der Waals surface area contributed by atoms with Gasteiger partial charge in [-0.2, -0.15) is 0 Å². The smallest absolute Gasteiger partial charge is 0.303 e. The third-order valence-electron chi connectivity index (χ3n) is 6.30. The average molecular weight is 574 g/mol. The van der Waals surface area contributed by atoms with Gasteiger partial charge in [-0.3, -0.25) is 9.59 Å². The summed E-state index contributed by atoms with van der Waals surface area (Å²) in [7, 11) is 0. The Morgan fingerprint density at radius 1 is 0.432 bits per heavy atom. The van der Waals surface area contributed by atoms with Crippen LogP contribution in [0.25, 0.3) is 0 Å². The minimum atomic E-state index is -0.679. The molecular weight excluding hydrogens is 514 g/mol. The van der Waals surface area contributed by atoms with Crippen molar-refractivity contribution >= 4 is 11.9 Å². The summed E-state index contributed by atoms with van der Waals surface area (Å²) in [6.07, 6.45) is 36.7. The summed E-state index contributed by atoms with van der Waals surface area (Å²) in [6.45, 7) is 4.50. The van der Waals surface area contributed by atoms with Gasteiger partial charge in [-0.15, -0.1) is 0 Å². The minimum Gasteiger partial charge on any atom is -0.481 e. The molecule has 0 heterocycles. The van der Waals surface area contributed by atoms with Crippen molar-refractivity contribution in [1.29, 1.82) is 0 Å². The zero-order valence-electron chi connectivity index (χ0n) is 24.7. The van der Waals surface area contributed by atoms with Gasteiger partial charge in [0.25, 0.3) is 0 Å². The number of hydrogen-bond donors (Lipinski definition) is 2. The molecule has 0 aromatic carbocycles. The zero-order valence-corrected chi connectivity index (χ0v) is 27.7. The van der Waals surface area contributed by atoms with Crippen LogP contribution in [0.2, 0.25) is 0 Å².